The first-order chi connectivity index (χ1) is 1.41. The van der Waals surface area contributed by atoms with Crippen LogP contribution in [0.1, 0.15) is 0 Å². The molecule has 0 rings (SSSR count). The summed E-state index contributed by atoms with van der Waals surface area (Å²) in [6.07, 6.45) is 0. The molecule has 0 aliphatic heterocycles. The van der Waals surface area contributed by atoms with Crippen LogP contribution in [0.4, 0.5) is 0 Å². The van der Waals surface area contributed by atoms with Crippen molar-refractivity contribution in [2.75, 3.05) is 0 Å². The van der Waals surface area contributed by atoms with Crippen molar-refractivity contribution in [3.05, 3.63) is 0 Å². The molecule has 0 bridgehead atoms. The first kappa shape index (κ1) is 17.9. The molecule has 0 aromatic carbocycles. The fourth-order valence-corrected chi connectivity index (χ4v) is 0. The van der Waals surface area contributed by atoms with E-state index in [-0.39, 0.29) is 33.6 Å². The van der Waals surface area contributed by atoms with Crippen LogP contribution in [0.5, 0.6) is 0 Å². The van der Waals surface area contributed by atoms with Gasteiger partial charge < -0.3 is 9.90 Å². The third kappa shape index (κ3) is 118. The molecule has 0 heterocycles. The fraction of sp³-hybridized carbons (Fsp3) is 0. The summed E-state index contributed by atoms with van der Waals surface area (Å²) in [5.74, 6) is 0. The van der Waals surface area contributed by atoms with Gasteiger partial charge in [-0.15, -0.1) is 0 Å². The van der Waals surface area contributed by atoms with Crippen LogP contribution in [0.25, 0.3) is 0 Å². The van der Waals surface area contributed by atoms with Gasteiger partial charge in [-0.2, -0.15) is 0 Å². The molecule has 0 aliphatic carbocycles. The summed E-state index contributed by atoms with van der Waals surface area (Å²) >= 11 is 0. The Morgan fingerprint density at radius 1 is 1.40 bits per heavy atom. The van der Waals surface area contributed by atoms with Crippen molar-refractivity contribution in [1.82, 2.24) is 0 Å². The second kappa shape index (κ2) is 24.7. The SMILES string of the molecule is O=[C-]O.[Co].[Co]. The summed E-state index contributed by atoms with van der Waals surface area (Å²) in [7, 11) is 0. The zero-order chi connectivity index (χ0) is 2.71. The third-order valence-electron chi connectivity index (χ3n) is 0. The molecule has 0 spiro atoms. The van der Waals surface area contributed by atoms with Crippen LogP contribution in [0.2, 0.25) is 0 Å². The van der Waals surface area contributed by atoms with Gasteiger partial charge >= 0.3 is 0 Å². The van der Waals surface area contributed by atoms with Crippen molar-refractivity contribution >= 4 is 6.47 Å². The predicted molar refractivity (Wildman–Crippen MR) is 8.32 cm³/mol. The van der Waals surface area contributed by atoms with E-state index >= 15 is 0 Å². The van der Waals surface area contributed by atoms with Gasteiger partial charge in [-0.25, -0.2) is 0 Å². The van der Waals surface area contributed by atoms with Gasteiger partial charge in [0.1, 0.15) is 0 Å². The maximum absolute atomic E-state index is 8.24. The van der Waals surface area contributed by atoms with Gasteiger partial charge in [0.15, 0.2) is 0 Å². The summed E-state index contributed by atoms with van der Waals surface area (Å²) < 4.78 is 0. The zero-order valence-corrected chi connectivity index (χ0v) is 4.10. The van der Waals surface area contributed by atoms with E-state index in [9.17, 15) is 0 Å². The van der Waals surface area contributed by atoms with Crippen molar-refractivity contribution in [2.45, 2.75) is 0 Å². The standard InChI is InChI=1S/CHO2.2Co/c2-1-3;;/h(H,2,3);;/q-1;;. The smallest absolute Gasteiger partial charge is 0 e. The van der Waals surface area contributed by atoms with Crippen LogP contribution >= 0.6 is 0 Å². The van der Waals surface area contributed by atoms with Crippen molar-refractivity contribution in [2.24, 2.45) is 0 Å². The van der Waals surface area contributed by atoms with E-state index in [2.05, 4.69) is 0 Å². The largest absolute Gasteiger partial charge is 0.665 e. The molecule has 0 amide bonds. The minimum absolute atomic E-state index is 0. The molecule has 1 N–H and O–H groups in total. The molecule has 2 nitrogen and oxygen atoms in total. The molecule has 0 atom stereocenters. The number of aliphatic hydroxyl groups excluding tert-OH is 1. The minimum Gasteiger partial charge on any atom is -0.665 e. The first-order valence-electron chi connectivity index (χ1n) is 0.428. The molecule has 4 heteroatoms. The normalized spacial score (nSPS) is 2.40. The zero-order valence-electron chi connectivity index (χ0n) is 2.02. The summed E-state index contributed by atoms with van der Waals surface area (Å²) in [4.78, 5) is 8.24. The van der Waals surface area contributed by atoms with Crippen LogP contribution in [0, 0.1) is 0 Å². The second-order valence-corrected chi connectivity index (χ2v) is 0.0913. The van der Waals surface area contributed by atoms with Crippen LogP contribution in [0.3, 0.4) is 0 Å². The van der Waals surface area contributed by atoms with Gasteiger partial charge in [-0.3, -0.25) is 0 Å². The number of hydrogen-bond donors (Lipinski definition) is 1. The molecule has 0 saturated carbocycles. The first-order valence-corrected chi connectivity index (χ1v) is 0.428. The molecule has 2 radical (unpaired) electrons. The topological polar surface area (TPSA) is 37.3 Å². The van der Waals surface area contributed by atoms with E-state index in [4.69, 9.17) is 9.90 Å². The molecule has 0 aliphatic rings. The van der Waals surface area contributed by atoms with Crippen molar-refractivity contribution < 1.29 is 43.5 Å². The van der Waals surface area contributed by atoms with E-state index in [1.54, 1.807) is 0 Å². The third-order valence-corrected chi connectivity index (χ3v) is 0. The Labute approximate surface area is 50.3 Å². The van der Waals surface area contributed by atoms with E-state index < -0.39 is 0 Å². The summed E-state index contributed by atoms with van der Waals surface area (Å²) in [5.41, 5.74) is 0. The molecule has 0 unspecified atom stereocenters. The van der Waals surface area contributed by atoms with Crippen LogP contribution in [0.15, 0.2) is 0 Å². The van der Waals surface area contributed by atoms with Crippen LogP contribution in [-0.2, 0) is 38.4 Å². The molecule has 5 heavy (non-hydrogen) atoms. The van der Waals surface area contributed by atoms with E-state index in [0.29, 0.717) is 6.47 Å². The average Bonchev–Trinajstić information content (AvgIpc) is 0.918. The number of hydrogen-bond acceptors (Lipinski definition) is 1. The monoisotopic (exact) mass is 163 g/mol. The summed E-state index contributed by atoms with van der Waals surface area (Å²) in [6.45, 7) is 0.500. The molecule has 0 aromatic heterocycles. The minimum atomic E-state index is 0. The molecule has 0 aromatic rings. The Bertz CT molecular complexity index is 15.1. The van der Waals surface area contributed by atoms with Gasteiger partial charge in [0.25, 0.3) is 0 Å². The quantitative estimate of drug-likeness (QED) is 0.493. The maximum Gasteiger partial charge on any atom is 0 e. The Morgan fingerprint density at radius 2 is 1.40 bits per heavy atom. The van der Waals surface area contributed by atoms with E-state index in [0.717, 1.165) is 0 Å². The van der Waals surface area contributed by atoms with Gasteiger partial charge in [-0.05, 0) is 0 Å². The Morgan fingerprint density at radius 3 is 1.40 bits per heavy atom. The van der Waals surface area contributed by atoms with Crippen molar-refractivity contribution in [3.8, 4) is 0 Å². The summed E-state index contributed by atoms with van der Waals surface area (Å²) in [6, 6.07) is 0. The summed E-state index contributed by atoms with van der Waals surface area (Å²) in [5, 5.41) is 6.76. The second-order valence-electron chi connectivity index (χ2n) is 0.0913. The molecule has 0 fully saturated rings. The van der Waals surface area contributed by atoms with Gasteiger partial charge in [0.2, 0.25) is 0 Å². The molecule has 0 saturated heterocycles. The van der Waals surface area contributed by atoms with Crippen molar-refractivity contribution in [3.63, 3.8) is 0 Å². The fourth-order valence-electron chi connectivity index (χ4n) is 0. The number of rotatable bonds is 0. The molecular weight excluding hydrogens is 162 g/mol. The molecule has 36 valence electrons. The Balaban J connectivity index is -0.0000000200. The van der Waals surface area contributed by atoms with E-state index in [1.165, 1.54) is 0 Å². The van der Waals surface area contributed by atoms with Gasteiger partial charge in [-0.1, -0.05) is 6.47 Å². The van der Waals surface area contributed by atoms with E-state index in [1.807, 2.05) is 0 Å². The Hall–Kier alpha value is 0.483. The van der Waals surface area contributed by atoms with Gasteiger partial charge in [0, 0.05) is 33.6 Å². The van der Waals surface area contributed by atoms with Gasteiger partial charge in [0.05, 0.1) is 0 Å². The average molecular weight is 163 g/mol. The Kier molecular flexibility index (Phi) is 88.4. The van der Waals surface area contributed by atoms with Crippen molar-refractivity contribution in [1.29, 1.82) is 0 Å². The maximum atomic E-state index is 8.24. The molecular formula is CHCo2O2-. The van der Waals surface area contributed by atoms with Crippen LogP contribution in [-0.4, -0.2) is 11.6 Å². The van der Waals surface area contributed by atoms with Crippen LogP contribution < -0.4 is 0 Å². The predicted octanol–water partition coefficient (Wildman–Crippen LogP) is -0.393.